The summed E-state index contributed by atoms with van der Waals surface area (Å²) < 4.78 is 1.10. The molecule has 0 unspecified atom stereocenters. The number of hydrogen-bond acceptors (Lipinski definition) is 2. The second kappa shape index (κ2) is 5.14. The zero-order valence-electron chi connectivity index (χ0n) is 10.9. The number of nitrogen functional groups attached to an aromatic ring is 1. The number of H-pyrrole nitrogens is 1. The Kier molecular flexibility index (Phi) is 3.76. The van der Waals surface area contributed by atoms with Gasteiger partial charge in [-0.2, -0.15) is 5.10 Å². The van der Waals surface area contributed by atoms with Crippen molar-refractivity contribution in [3.05, 3.63) is 33.8 Å². The number of halogens is 1. The molecule has 2 rings (SSSR count). The Morgan fingerprint density at radius 2 is 2.11 bits per heavy atom. The molecule has 3 N–H and O–H groups in total. The van der Waals surface area contributed by atoms with E-state index in [0.717, 1.165) is 27.7 Å². The Morgan fingerprint density at radius 1 is 1.39 bits per heavy atom. The summed E-state index contributed by atoms with van der Waals surface area (Å²) in [6.07, 6.45) is 0.929. The summed E-state index contributed by atoms with van der Waals surface area (Å²) in [6, 6.07) is 6.20. The van der Waals surface area contributed by atoms with Gasteiger partial charge in [-0.25, -0.2) is 0 Å². The third-order valence-electron chi connectivity index (χ3n) is 2.97. The van der Waals surface area contributed by atoms with Crippen molar-refractivity contribution >= 4 is 21.7 Å². The monoisotopic (exact) mass is 307 g/mol. The largest absolute Gasteiger partial charge is 0.382 e. The van der Waals surface area contributed by atoms with Gasteiger partial charge in [0, 0.05) is 15.6 Å². The van der Waals surface area contributed by atoms with Crippen molar-refractivity contribution in [2.75, 3.05) is 5.73 Å². The van der Waals surface area contributed by atoms with Crippen LogP contribution in [0.15, 0.2) is 22.7 Å². The fraction of sp³-hybridized carbons (Fsp3) is 0.357. The number of anilines is 1. The number of nitrogens with two attached hydrogens (primary N) is 1. The molecule has 0 fully saturated rings. The van der Waals surface area contributed by atoms with Crippen molar-refractivity contribution in [3.8, 4) is 11.3 Å². The highest BCUT2D eigenvalue weighted by molar-refractivity contribution is 9.10. The first-order valence-electron chi connectivity index (χ1n) is 6.09. The first-order chi connectivity index (χ1) is 8.50. The first-order valence-corrected chi connectivity index (χ1v) is 6.88. The highest BCUT2D eigenvalue weighted by Crippen LogP contribution is 2.34. The van der Waals surface area contributed by atoms with Gasteiger partial charge in [0.2, 0.25) is 0 Å². The van der Waals surface area contributed by atoms with Gasteiger partial charge < -0.3 is 5.73 Å². The van der Waals surface area contributed by atoms with Crippen LogP contribution in [0.25, 0.3) is 11.3 Å². The number of aromatic amines is 1. The lowest BCUT2D eigenvalue weighted by atomic mass is 9.98. The molecular weight excluding hydrogens is 290 g/mol. The van der Waals surface area contributed by atoms with Gasteiger partial charge in [0.25, 0.3) is 0 Å². The molecule has 0 saturated heterocycles. The normalized spacial score (nSPS) is 11.2. The molecule has 0 atom stereocenters. The van der Waals surface area contributed by atoms with E-state index < -0.39 is 0 Å². The Balaban J connectivity index is 2.54. The lowest BCUT2D eigenvalue weighted by Gasteiger charge is -2.09. The van der Waals surface area contributed by atoms with E-state index in [-0.39, 0.29) is 0 Å². The van der Waals surface area contributed by atoms with Gasteiger partial charge in [0.15, 0.2) is 0 Å². The maximum atomic E-state index is 5.96. The van der Waals surface area contributed by atoms with E-state index in [4.69, 9.17) is 5.73 Å². The standard InChI is InChI=1S/C14H18BrN3/c1-8(2)7-11-13(17-18-14(11)16)10-6-4-5-9(3)12(10)15/h4-6,8H,7H2,1-3H3,(H3,16,17,18). The lowest BCUT2D eigenvalue weighted by molar-refractivity contribution is 0.649. The quantitative estimate of drug-likeness (QED) is 0.902. The zero-order valence-corrected chi connectivity index (χ0v) is 12.5. The van der Waals surface area contributed by atoms with E-state index in [1.807, 2.05) is 6.07 Å². The number of nitrogens with one attached hydrogen (secondary N) is 1. The second-order valence-corrected chi connectivity index (χ2v) is 5.79. The minimum atomic E-state index is 0.548. The molecule has 0 aliphatic heterocycles. The van der Waals surface area contributed by atoms with E-state index in [0.29, 0.717) is 11.7 Å². The molecule has 0 spiro atoms. The molecule has 1 heterocycles. The van der Waals surface area contributed by atoms with E-state index in [9.17, 15) is 0 Å². The van der Waals surface area contributed by atoms with Crippen LogP contribution in [-0.4, -0.2) is 10.2 Å². The topological polar surface area (TPSA) is 54.7 Å². The molecule has 0 bridgehead atoms. The SMILES string of the molecule is Cc1cccc(-c2[nH]nc(N)c2CC(C)C)c1Br. The lowest BCUT2D eigenvalue weighted by Crippen LogP contribution is -1.99. The van der Waals surface area contributed by atoms with Crippen LogP contribution in [-0.2, 0) is 6.42 Å². The molecule has 2 aromatic rings. The summed E-state index contributed by atoms with van der Waals surface area (Å²) >= 11 is 3.64. The summed E-state index contributed by atoms with van der Waals surface area (Å²) in [5.74, 6) is 1.15. The van der Waals surface area contributed by atoms with Gasteiger partial charge >= 0.3 is 0 Å². The van der Waals surface area contributed by atoms with E-state index in [1.54, 1.807) is 0 Å². The van der Waals surface area contributed by atoms with Gasteiger partial charge in [-0.15, -0.1) is 0 Å². The van der Waals surface area contributed by atoms with Crippen LogP contribution in [0.5, 0.6) is 0 Å². The fourth-order valence-electron chi connectivity index (χ4n) is 2.06. The molecule has 1 aromatic heterocycles. The average molecular weight is 308 g/mol. The fourth-order valence-corrected chi connectivity index (χ4v) is 2.52. The van der Waals surface area contributed by atoms with Crippen molar-refractivity contribution < 1.29 is 0 Å². The summed E-state index contributed by atoms with van der Waals surface area (Å²) in [5.41, 5.74) is 10.4. The molecule has 0 aliphatic rings. The van der Waals surface area contributed by atoms with Crippen molar-refractivity contribution in [2.45, 2.75) is 27.2 Å². The molecule has 3 nitrogen and oxygen atoms in total. The molecule has 0 radical (unpaired) electrons. The van der Waals surface area contributed by atoms with Crippen LogP contribution in [0.2, 0.25) is 0 Å². The van der Waals surface area contributed by atoms with E-state index >= 15 is 0 Å². The number of aryl methyl sites for hydroxylation is 1. The highest BCUT2D eigenvalue weighted by Gasteiger charge is 2.16. The predicted molar refractivity (Wildman–Crippen MR) is 79.4 cm³/mol. The molecule has 1 aromatic carbocycles. The Labute approximate surface area is 116 Å². The Morgan fingerprint density at radius 3 is 2.78 bits per heavy atom. The van der Waals surface area contributed by atoms with Gasteiger partial charge in [0.05, 0.1) is 5.69 Å². The summed E-state index contributed by atoms with van der Waals surface area (Å²) in [4.78, 5) is 0. The third-order valence-corrected chi connectivity index (χ3v) is 4.03. The van der Waals surface area contributed by atoms with E-state index in [2.05, 4.69) is 59.0 Å². The summed E-state index contributed by atoms with van der Waals surface area (Å²) in [7, 11) is 0. The van der Waals surface area contributed by atoms with Crippen molar-refractivity contribution in [3.63, 3.8) is 0 Å². The minimum absolute atomic E-state index is 0.548. The first kappa shape index (κ1) is 13.1. The number of nitrogens with zero attached hydrogens (tertiary/aromatic N) is 1. The number of hydrogen-bond donors (Lipinski definition) is 2. The number of benzene rings is 1. The second-order valence-electron chi connectivity index (χ2n) is 5.00. The van der Waals surface area contributed by atoms with E-state index in [1.165, 1.54) is 5.56 Å². The molecule has 0 saturated carbocycles. The van der Waals surface area contributed by atoms with Crippen LogP contribution >= 0.6 is 15.9 Å². The predicted octanol–water partition coefficient (Wildman–Crippen LogP) is 3.93. The Bertz CT molecular complexity index is 558. The van der Waals surface area contributed by atoms with Crippen LogP contribution < -0.4 is 5.73 Å². The number of aromatic nitrogens is 2. The highest BCUT2D eigenvalue weighted by atomic mass is 79.9. The maximum absolute atomic E-state index is 5.96. The summed E-state index contributed by atoms with van der Waals surface area (Å²) in [6.45, 7) is 6.44. The van der Waals surface area contributed by atoms with Crippen LogP contribution in [0.1, 0.15) is 25.0 Å². The summed E-state index contributed by atoms with van der Waals surface area (Å²) in [5, 5.41) is 7.21. The van der Waals surface area contributed by atoms with Crippen molar-refractivity contribution in [1.29, 1.82) is 0 Å². The van der Waals surface area contributed by atoms with Crippen LogP contribution in [0, 0.1) is 12.8 Å². The molecule has 18 heavy (non-hydrogen) atoms. The minimum Gasteiger partial charge on any atom is -0.382 e. The zero-order chi connectivity index (χ0) is 13.3. The smallest absolute Gasteiger partial charge is 0.149 e. The van der Waals surface area contributed by atoms with Gasteiger partial charge in [0.1, 0.15) is 5.82 Å². The molecule has 0 amide bonds. The van der Waals surface area contributed by atoms with Crippen molar-refractivity contribution in [1.82, 2.24) is 10.2 Å². The maximum Gasteiger partial charge on any atom is 0.149 e. The molecule has 0 aliphatic carbocycles. The van der Waals surface area contributed by atoms with Crippen LogP contribution in [0.3, 0.4) is 0 Å². The average Bonchev–Trinajstić information content (AvgIpc) is 2.64. The molecule has 4 heteroatoms. The Hall–Kier alpha value is -1.29. The number of rotatable bonds is 3. The van der Waals surface area contributed by atoms with Gasteiger partial charge in [-0.05, 0) is 40.8 Å². The van der Waals surface area contributed by atoms with Crippen LogP contribution in [0.4, 0.5) is 5.82 Å². The third kappa shape index (κ3) is 2.43. The van der Waals surface area contributed by atoms with Gasteiger partial charge in [-0.3, -0.25) is 5.10 Å². The molecular formula is C14H18BrN3. The van der Waals surface area contributed by atoms with Crippen molar-refractivity contribution in [2.24, 2.45) is 5.92 Å². The molecule has 96 valence electrons. The van der Waals surface area contributed by atoms with Gasteiger partial charge in [-0.1, -0.05) is 32.0 Å².